The summed E-state index contributed by atoms with van der Waals surface area (Å²) in [7, 11) is 0. The minimum Gasteiger partial charge on any atom is -0.464 e. The second-order valence-corrected chi connectivity index (χ2v) is 5.02. The van der Waals surface area contributed by atoms with Gasteiger partial charge in [0, 0.05) is 13.1 Å². The number of rotatable bonds is 6. The lowest BCUT2D eigenvalue weighted by Crippen LogP contribution is -2.51. The summed E-state index contributed by atoms with van der Waals surface area (Å²) in [6.45, 7) is 5.16. The van der Waals surface area contributed by atoms with Crippen LogP contribution in [0.4, 0.5) is 0 Å². The number of carbonyl (C=O) groups excluding carboxylic acids is 2. The minimum absolute atomic E-state index is 0.0158. The largest absolute Gasteiger partial charge is 0.464 e. The van der Waals surface area contributed by atoms with E-state index in [9.17, 15) is 9.59 Å². The van der Waals surface area contributed by atoms with Gasteiger partial charge in [-0.1, -0.05) is 13.3 Å². The van der Waals surface area contributed by atoms with Crippen LogP contribution in [-0.2, 0) is 14.3 Å². The zero-order chi connectivity index (χ0) is 14.3. The smallest absolute Gasteiger partial charge is 0.328 e. The van der Waals surface area contributed by atoms with E-state index in [1.54, 1.807) is 11.8 Å². The van der Waals surface area contributed by atoms with E-state index >= 15 is 0 Å². The van der Waals surface area contributed by atoms with Crippen molar-refractivity contribution < 1.29 is 14.3 Å². The molecule has 1 fully saturated rings. The Morgan fingerprint density at radius 3 is 2.68 bits per heavy atom. The van der Waals surface area contributed by atoms with Crippen LogP contribution < -0.4 is 5.73 Å². The molecule has 1 aliphatic heterocycles. The molecule has 0 aliphatic carbocycles. The van der Waals surface area contributed by atoms with Crippen molar-refractivity contribution in [3.8, 4) is 0 Å². The topological polar surface area (TPSA) is 72.6 Å². The van der Waals surface area contributed by atoms with Gasteiger partial charge in [0.1, 0.15) is 6.04 Å². The SMILES string of the molecule is CCCC(CN)C(=O)N1CCCCC1C(=O)OCC. The van der Waals surface area contributed by atoms with Crippen LogP contribution in [0.15, 0.2) is 0 Å². The van der Waals surface area contributed by atoms with Crippen LogP contribution in [0, 0.1) is 5.92 Å². The van der Waals surface area contributed by atoms with Crippen molar-refractivity contribution >= 4 is 11.9 Å². The molecule has 2 unspecified atom stereocenters. The molecule has 2 N–H and O–H groups in total. The number of amides is 1. The van der Waals surface area contributed by atoms with Gasteiger partial charge in [-0.05, 0) is 32.6 Å². The first kappa shape index (κ1) is 16.0. The van der Waals surface area contributed by atoms with E-state index in [0.717, 1.165) is 25.7 Å². The Bertz CT molecular complexity index is 307. The Morgan fingerprint density at radius 1 is 1.37 bits per heavy atom. The third kappa shape index (κ3) is 4.20. The highest BCUT2D eigenvalue weighted by Crippen LogP contribution is 2.21. The van der Waals surface area contributed by atoms with Crippen LogP contribution in [0.2, 0.25) is 0 Å². The molecule has 0 aromatic heterocycles. The van der Waals surface area contributed by atoms with Gasteiger partial charge >= 0.3 is 5.97 Å². The molecular formula is C14H26N2O3. The monoisotopic (exact) mass is 270 g/mol. The Hall–Kier alpha value is -1.10. The van der Waals surface area contributed by atoms with Crippen LogP contribution in [0.5, 0.6) is 0 Å². The van der Waals surface area contributed by atoms with Crippen molar-refractivity contribution in [3.05, 3.63) is 0 Å². The van der Waals surface area contributed by atoms with Gasteiger partial charge in [0.15, 0.2) is 0 Å². The molecule has 0 radical (unpaired) electrons. The zero-order valence-corrected chi connectivity index (χ0v) is 12.1. The number of hydrogen-bond donors (Lipinski definition) is 1. The van der Waals surface area contributed by atoms with Crippen LogP contribution in [0.25, 0.3) is 0 Å². The Morgan fingerprint density at radius 2 is 2.11 bits per heavy atom. The summed E-state index contributed by atoms with van der Waals surface area (Å²) in [4.78, 5) is 26.1. The standard InChI is InChI=1S/C14H26N2O3/c1-3-7-11(10-15)13(17)16-9-6-5-8-12(16)14(18)19-4-2/h11-12H,3-10,15H2,1-2H3. The first-order valence-corrected chi connectivity index (χ1v) is 7.32. The molecule has 0 bridgehead atoms. The van der Waals surface area contributed by atoms with Crippen molar-refractivity contribution in [1.82, 2.24) is 4.90 Å². The van der Waals surface area contributed by atoms with Crippen molar-refractivity contribution in [2.45, 2.75) is 52.0 Å². The molecule has 110 valence electrons. The molecule has 1 rings (SSSR count). The molecule has 1 aliphatic rings. The molecule has 2 atom stereocenters. The molecule has 1 heterocycles. The maximum Gasteiger partial charge on any atom is 0.328 e. The van der Waals surface area contributed by atoms with Gasteiger partial charge in [0.25, 0.3) is 0 Å². The highest BCUT2D eigenvalue weighted by molar-refractivity contribution is 5.86. The Kier molecular flexibility index (Phi) is 6.84. The second-order valence-electron chi connectivity index (χ2n) is 5.02. The summed E-state index contributed by atoms with van der Waals surface area (Å²) in [6.07, 6.45) is 4.32. The van der Waals surface area contributed by atoms with Crippen LogP contribution in [-0.4, -0.2) is 42.5 Å². The molecule has 0 aromatic carbocycles. The van der Waals surface area contributed by atoms with E-state index < -0.39 is 6.04 Å². The third-order valence-electron chi connectivity index (χ3n) is 3.62. The Labute approximate surface area is 115 Å². The predicted octanol–water partition coefficient (Wildman–Crippen LogP) is 1.31. The van der Waals surface area contributed by atoms with Gasteiger partial charge < -0.3 is 15.4 Å². The van der Waals surface area contributed by atoms with Gasteiger partial charge in [0.05, 0.1) is 12.5 Å². The minimum atomic E-state index is -0.410. The van der Waals surface area contributed by atoms with E-state index in [0.29, 0.717) is 26.1 Å². The molecule has 19 heavy (non-hydrogen) atoms. The Balaban J connectivity index is 2.75. The number of likely N-dealkylation sites (tertiary alicyclic amines) is 1. The molecule has 1 saturated heterocycles. The highest BCUT2D eigenvalue weighted by Gasteiger charge is 2.35. The first-order valence-electron chi connectivity index (χ1n) is 7.32. The van der Waals surface area contributed by atoms with Gasteiger partial charge in [-0.25, -0.2) is 4.79 Å². The fourth-order valence-corrected chi connectivity index (χ4v) is 2.60. The fourth-order valence-electron chi connectivity index (χ4n) is 2.60. The summed E-state index contributed by atoms with van der Waals surface area (Å²) in [5.74, 6) is -0.426. The second kappa shape index (κ2) is 8.15. The van der Waals surface area contributed by atoms with E-state index in [1.165, 1.54) is 0 Å². The fraction of sp³-hybridized carbons (Fsp3) is 0.857. The molecular weight excluding hydrogens is 244 g/mol. The summed E-state index contributed by atoms with van der Waals surface area (Å²) >= 11 is 0. The number of ether oxygens (including phenoxy) is 1. The summed E-state index contributed by atoms with van der Waals surface area (Å²) in [5, 5.41) is 0. The summed E-state index contributed by atoms with van der Waals surface area (Å²) in [6, 6.07) is -0.410. The summed E-state index contributed by atoms with van der Waals surface area (Å²) < 4.78 is 5.07. The molecule has 0 aromatic rings. The van der Waals surface area contributed by atoms with Gasteiger partial charge in [-0.15, -0.1) is 0 Å². The molecule has 0 saturated carbocycles. The number of nitrogens with zero attached hydrogens (tertiary/aromatic N) is 1. The maximum absolute atomic E-state index is 12.5. The van der Waals surface area contributed by atoms with Crippen LogP contribution in [0.1, 0.15) is 46.0 Å². The maximum atomic E-state index is 12.5. The van der Waals surface area contributed by atoms with Crippen LogP contribution >= 0.6 is 0 Å². The van der Waals surface area contributed by atoms with Crippen molar-refractivity contribution in [2.75, 3.05) is 19.7 Å². The average molecular weight is 270 g/mol. The van der Waals surface area contributed by atoms with Gasteiger partial charge in [0.2, 0.25) is 5.91 Å². The number of hydrogen-bond acceptors (Lipinski definition) is 4. The van der Waals surface area contributed by atoms with Gasteiger partial charge in [-0.2, -0.15) is 0 Å². The molecule has 5 heteroatoms. The number of esters is 1. The lowest BCUT2D eigenvalue weighted by Gasteiger charge is -2.36. The van der Waals surface area contributed by atoms with E-state index in [1.807, 2.05) is 6.92 Å². The lowest BCUT2D eigenvalue weighted by molar-refractivity contribution is -0.158. The number of carbonyl (C=O) groups is 2. The van der Waals surface area contributed by atoms with E-state index in [2.05, 4.69) is 0 Å². The van der Waals surface area contributed by atoms with Crippen LogP contribution in [0.3, 0.4) is 0 Å². The van der Waals surface area contributed by atoms with E-state index in [4.69, 9.17) is 10.5 Å². The average Bonchev–Trinajstić information content (AvgIpc) is 2.44. The normalized spacial score (nSPS) is 21.0. The third-order valence-corrected chi connectivity index (χ3v) is 3.62. The zero-order valence-electron chi connectivity index (χ0n) is 12.1. The first-order chi connectivity index (χ1) is 9.15. The van der Waals surface area contributed by atoms with Crippen molar-refractivity contribution in [1.29, 1.82) is 0 Å². The van der Waals surface area contributed by atoms with Crippen molar-refractivity contribution in [3.63, 3.8) is 0 Å². The molecule has 0 spiro atoms. The van der Waals surface area contributed by atoms with E-state index in [-0.39, 0.29) is 17.8 Å². The van der Waals surface area contributed by atoms with Crippen molar-refractivity contribution in [2.24, 2.45) is 11.7 Å². The number of nitrogens with two attached hydrogens (primary N) is 1. The quantitative estimate of drug-likeness (QED) is 0.738. The van der Waals surface area contributed by atoms with Gasteiger partial charge in [-0.3, -0.25) is 4.79 Å². The predicted molar refractivity (Wildman–Crippen MR) is 73.4 cm³/mol. The highest BCUT2D eigenvalue weighted by atomic mass is 16.5. The molecule has 5 nitrogen and oxygen atoms in total. The molecule has 1 amide bonds. The lowest BCUT2D eigenvalue weighted by atomic mass is 9.96. The summed E-state index contributed by atoms with van der Waals surface area (Å²) in [5.41, 5.74) is 5.68. The number of piperidine rings is 1.